The second-order valence-corrected chi connectivity index (χ2v) is 18.1. The van der Waals surface area contributed by atoms with Gasteiger partial charge in [0.1, 0.15) is 17.6 Å². The lowest BCUT2D eigenvalue weighted by atomic mass is 9.82. The Morgan fingerprint density at radius 1 is 0.984 bits per heavy atom. The van der Waals surface area contributed by atoms with Crippen LogP contribution in [0.3, 0.4) is 0 Å². The van der Waals surface area contributed by atoms with Crippen LogP contribution in [-0.2, 0) is 35.1 Å². The smallest absolute Gasteiger partial charge is 0.410 e. The zero-order valence-electron chi connectivity index (χ0n) is 39.3. The van der Waals surface area contributed by atoms with Crippen LogP contribution in [0.15, 0.2) is 30.5 Å². The van der Waals surface area contributed by atoms with Gasteiger partial charge in [0.15, 0.2) is 5.60 Å². The Morgan fingerprint density at radius 2 is 1.67 bits per heavy atom. The van der Waals surface area contributed by atoms with Crippen molar-refractivity contribution in [1.29, 1.82) is 0 Å². The molecule has 3 N–H and O–H groups in total. The van der Waals surface area contributed by atoms with Crippen LogP contribution in [0.25, 0.3) is 11.3 Å². The minimum atomic E-state index is -1.21. The van der Waals surface area contributed by atoms with E-state index in [1.807, 2.05) is 51.2 Å². The number of aliphatic hydroxyl groups is 1. The third-order valence-corrected chi connectivity index (χ3v) is 12.4. The first-order valence-electron chi connectivity index (χ1n) is 23.0. The molecule has 3 aliphatic rings. The van der Waals surface area contributed by atoms with E-state index in [9.17, 15) is 19.5 Å². The number of anilines is 1. The van der Waals surface area contributed by atoms with Gasteiger partial charge in [-0.15, -0.1) is 5.10 Å². The van der Waals surface area contributed by atoms with Gasteiger partial charge in [-0.3, -0.25) is 14.3 Å². The van der Waals surface area contributed by atoms with E-state index in [-0.39, 0.29) is 24.0 Å². The van der Waals surface area contributed by atoms with Crippen LogP contribution in [-0.4, -0.2) is 124 Å². The molecule has 346 valence electrons. The van der Waals surface area contributed by atoms with Crippen LogP contribution < -0.4 is 5.73 Å². The highest BCUT2D eigenvalue weighted by Gasteiger charge is 2.56. The van der Waals surface area contributed by atoms with Crippen molar-refractivity contribution in [2.24, 2.45) is 17.8 Å². The van der Waals surface area contributed by atoms with E-state index in [1.165, 1.54) is 25.7 Å². The largest absolute Gasteiger partial charge is 0.458 e. The number of rotatable bonds is 12. The minimum absolute atomic E-state index is 0.0443. The summed E-state index contributed by atoms with van der Waals surface area (Å²) in [5.41, 5.74) is 6.97. The monoisotopic (exact) mass is 857 g/mol. The predicted octanol–water partition coefficient (Wildman–Crippen LogP) is 7.95. The first-order valence-corrected chi connectivity index (χ1v) is 23.0. The standard InChI is InChI=1S/C32H47N5O6.C9H19NO.C6H14O/c1-6-28-32(5)27(18-25(38)13-12-20(2)16-21(3)29(39)22(4)30(40)42-28)37(31(41)43-32)15-8-7-14-36-19-26(34-35-36)23-10-9-11-24(33)17-23;1-7-5-9(10(3)4)6-8(2)11-7;1-3-5-6-7-4-2/h9-11,17,19-22,27-29,39H,6-8,12-16,18,33H2,1-5H3;7-9H,5-6H2,1-4H3;3-6H2,1-2H3/t20-,21?,22?,27-,28?,29?,32-;7-,8?,9?;/m00./s1. The maximum Gasteiger partial charge on any atom is 0.410 e. The molecular formula is C47H80N6O8. The quantitative estimate of drug-likeness (QED) is 0.120. The molecule has 0 saturated carbocycles. The summed E-state index contributed by atoms with van der Waals surface area (Å²) in [5.74, 6) is -1.14. The lowest BCUT2D eigenvalue weighted by molar-refractivity contribution is -0.172. The Labute approximate surface area is 366 Å². The lowest BCUT2D eigenvalue weighted by Crippen LogP contribution is -2.54. The van der Waals surface area contributed by atoms with E-state index in [0.29, 0.717) is 69.1 Å². The number of aromatic nitrogens is 3. The second-order valence-electron chi connectivity index (χ2n) is 18.1. The van der Waals surface area contributed by atoms with Crippen molar-refractivity contribution in [2.45, 2.75) is 182 Å². The van der Waals surface area contributed by atoms with Gasteiger partial charge in [0, 0.05) is 56.4 Å². The topological polar surface area (TPSA) is 172 Å². The molecule has 0 radical (unpaired) electrons. The third-order valence-electron chi connectivity index (χ3n) is 12.4. The molecule has 1 amide bonds. The number of ketones is 1. The zero-order valence-corrected chi connectivity index (χ0v) is 39.3. The van der Waals surface area contributed by atoms with E-state index in [2.05, 4.69) is 57.0 Å². The molecule has 14 nitrogen and oxygen atoms in total. The van der Waals surface area contributed by atoms with Crippen molar-refractivity contribution in [3.05, 3.63) is 30.5 Å². The number of ether oxygens (including phenoxy) is 4. The molecule has 0 aliphatic carbocycles. The van der Waals surface area contributed by atoms with Gasteiger partial charge in [-0.05, 0) is 124 Å². The number of carbonyl (C=O) groups is 3. The molecule has 10 atom stereocenters. The summed E-state index contributed by atoms with van der Waals surface area (Å²) in [6, 6.07) is 7.61. The molecule has 1 aromatic heterocycles. The number of hydrogen-bond acceptors (Lipinski definition) is 12. The molecule has 0 spiro atoms. The first-order chi connectivity index (χ1) is 28.9. The number of aryl methyl sites for hydroxylation is 1. The minimum Gasteiger partial charge on any atom is -0.458 e. The number of carbonyl (C=O) groups excluding carboxylic acids is 3. The summed E-state index contributed by atoms with van der Waals surface area (Å²) in [5, 5.41) is 19.4. The van der Waals surface area contributed by atoms with Crippen molar-refractivity contribution in [3.8, 4) is 11.3 Å². The fourth-order valence-corrected chi connectivity index (χ4v) is 8.67. The normalized spacial score (nSPS) is 30.0. The molecule has 3 saturated heterocycles. The number of hydrogen-bond donors (Lipinski definition) is 2. The maximum absolute atomic E-state index is 13.3. The van der Waals surface area contributed by atoms with E-state index in [0.717, 1.165) is 30.9 Å². The number of Topliss-reactive ketones (excluding diaryl/α,β-unsaturated/α-hetero) is 1. The van der Waals surface area contributed by atoms with Crippen molar-refractivity contribution in [2.75, 3.05) is 39.6 Å². The van der Waals surface area contributed by atoms with Gasteiger partial charge in [-0.1, -0.05) is 51.5 Å². The number of benzene rings is 1. The maximum atomic E-state index is 13.3. The van der Waals surface area contributed by atoms with E-state index in [4.69, 9.17) is 24.7 Å². The molecule has 3 aliphatic heterocycles. The van der Waals surface area contributed by atoms with Crippen LogP contribution in [0.1, 0.15) is 133 Å². The number of esters is 1. The molecule has 5 rings (SSSR count). The van der Waals surface area contributed by atoms with Crippen molar-refractivity contribution in [3.63, 3.8) is 0 Å². The van der Waals surface area contributed by atoms with Gasteiger partial charge in [0.2, 0.25) is 0 Å². The number of nitrogens with zero attached hydrogens (tertiary/aromatic N) is 5. The van der Waals surface area contributed by atoms with E-state index >= 15 is 0 Å². The molecular weight excluding hydrogens is 777 g/mol. The summed E-state index contributed by atoms with van der Waals surface area (Å²) >= 11 is 0. The summed E-state index contributed by atoms with van der Waals surface area (Å²) in [6.07, 6.45) is 9.04. The van der Waals surface area contributed by atoms with E-state index < -0.39 is 41.8 Å². The molecule has 1 aromatic carbocycles. The number of amides is 1. The van der Waals surface area contributed by atoms with Gasteiger partial charge in [-0.25, -0.2) is 4.79 Å². The Morgan fingerprint density at radius 3 is 2.30 bits per heavy atom. The SMILES string of the molecule is CC1CC(N(C)C)C[C@H](C)O1.CCC1OC(=O)C(C)C(O)C(C)C[C@@H](C)CCC(=O)C[C@@H]2N(CCCCn3cc(-c4cccc(N)c4)nn3)C(=O)O[C@]12C.CCCCOCC. The van der Waals surface area contributed by atoms with Gasteiger partial charge in [-0.2, -0.15) is 0 Å². The fourth-order valence-electron chi connectivity index (χ4n) is 8.67. The number of unbranched alkanes of at least 4 members (excludes halogenated alkanes) is 2. The van der Waals surface area contributed by atoms with Crippen molar-refractivity contribution >= 4 is 23.5 Å². The van der Waals surface area contributed by atoms with Crippen molar-refractivity contribution in [1.82, 2.24) is 24.8 Å². The summed E-state index contributed by atoms with van der Waals surface area (Å²) in [4.78, 5) is 43.7. The van der Waals surface area contributed by atoms with Crippen LogP contribution in [0, 0.1) is 17.8 Å². The highest BCUT2D eigenvalue weighted by Crippen LogP contribution is 2.39. The molecule has 4 heterocycles. The van der Waals surface area contributed by atoms with Gasteiger partial charge in [0.25, 0.3) is 0 Å². The average Bonchev–Trinajstić information content (AvgIpc) is 3.78. The summed E-state index contributed by atoms with van der Waals surface area (Å²) in [7, 11) is 4.30. The van der Waals surface area contributed by atoms with Crippen LogP contribution in [0.5, 0.6) is 0 Å². The lowest BCUT2D eigenvalue weighted by Gasteiger charge is -2.38. The number of fused-ring (bicyclic) bond motifs is 1. The number of nitrogen functional groups attached to an aromatic ring is 1. The zero-order chi connectivity index (χ0) is 45.3. The van der Waals surface area contributed by atoms with Crippen molar-refractivity contribution < 1.29 is 38.4 Å². The number of nitrogens with two attached hydrogens (primary N) is 1. The second kappa shape index (κ2) is 25.5. The Kier molecular flexibility index (Phi) is 21.6. The Hall–Kier alpha value is -3.59. The molecule has 3 fully saturated rings. The molecule has 6 unspecified atom stereocenters. The summed E-state index contributed by atoms with van der Waals surface area (Å²) in [6.45, 7) is 20.6. The predicted molar refractivity (Wildman–Crippen MR) is 240 cm³/mol. The third kappa shape index (κ3) is 15.9. The summed E-state index contributed by atoms with van der Waals surface area (Å²) < 4.78 is 24.4. The molecule has 0 bridgehead atoms. The van der Waals surface area contributed by atoms with Gasteiger partial charge >= 0.3 is 12.1 Å². The van der Waals surface area contributed by atoms with Crippen LogP contribution >= 0.6 is 0 Å². The number of aliphatic hydroxyl groups excluding tert-OH is 1. The van der Waals surface area contributed by atoms with Gasteiger partial charge < -0.3 is 39.6 Å². The van der Waals surface area contributed by atoms with Crippen LogP contribution in [0.4, 0.5) is 10.5 Å². The molecule has 2 aromatic rings. The average molecular weight is 857 g/mol. The van der Waals surface area contributed by atoms with Crippen LogP contribution in [0.2, 0.25) is 0 Å². The first kappa shape index (κ1) is 51.8. The molecule has 14 heteroatoms. The van der Waals surface area contributed by atoms with E-state index in [1.54, 1.807) is 23.4 Å². The molecule has 61 heavy (non-hydrogen) atoms. The highest BCUT2D eigenvalue weighted by molar-refractivity contribution is 5.81. The Bertz CT molecular complexity index is 1610. The number of cyclic esters (lactones) is 1. The fraction of sp³-hybridized carbons (Fsp3) is 0.766. The Balaban J connectivity index is 0.000000455. The highest BCUT2D eigenvalue weighted by atomic mass is 16.6. The van der Waals surface area contributed by atoms with Gasteiger partial charge in [0.05, 0.1) is 36.5 Å².